The van der Waals surface area contributed by atoms with Crippen molar-refractivity contribution in [3.05, 3.63) is 0 Å². The van der Waals surface area contributed by atoms with Crippen molar-refractivity contribution in [1.29, 1.82) is 0 Å². The van der Waals surface area contributed by atoms with E-state index >= 15 is 0 Å². The zero-order valence-corrected chi connectivity index (χ0v) is 7.45. The summed E-state index contributed by atoms with van der Waals surface area (Å²) in [4.78, 5) is 27.3. The van der Waals surface area contributed by atoms with E-state index in [9.17, 15) is 9.59 Å². The van der Waals surface area contributed by atoms with Crippen molar-refractivity contribution in [3.8, 4) is 0 Å². The maximum atomic E-state index is 10.4. The minimum absolute atomic E-state index is 0.120. The van der Waals surface area contributed by atoms with E-state index in [1.807, 2.05) is 0 Å². The number of hydrogen-bond acceptors (Lipinski definition) is 5. The van der Waals surface area contributed by atoms with E-state index in [-0.39, 0.29) is 6.61 Å². The SMILES string of the molecule is O=C(O)OOC(=O)OCCCCCl. The summed E-state index contributed by atoms with van der Waals surface area (Å²) in [5.41, 5.74) is 0. The van der Waals surface area contributed by atoms with Gasteiger partial charge in [-0.2, -0.15) is 9.68 Å². The molecule has 0 saturated carbocycles. The molecule has 6 nitrogen and oxygen atoms in total. The molecule has 0 saturated heterocycles. The molecule has 0 aliphatic heterocycles. The standard InChI is InChI=1S/C6H9ClO6/c7-3-1-2-4-11-6(10)13-12-5(8)9/h1-4H2,(H,8,9). The Labute approximate surface area is 79.3 Å². The predicted octanol–water partition coefficient (Wildman–Crippen LogP) is 1.77. The lowest BCUT2D eigenvalue weighted by molar-refractivity contribution is -0.213. The van der Waals surface area contributed by atoms with Gasteiger partial charge in [0.1, 0.15) is 0 Å². The molecule has 0 aromatic rings. The van der Waals surface area contributed by atoms with Crippen LogP contribution in [-0.4, -0.2) is 29.9 Å². The lowest BCUT2D eigenvalue weighted by Gasteiger charge is -2.01. The van der Waals surface area contributed by atoms with Gasteiger partial charge in [0.2, 0.25) is 0 Å². The Balaban J connectivity index is 3.25. The summed E-state index contributed by atoms with van der Waals surface area (Å²) < 4.78 is 4.39. The minimum Gasteiger partial charge on any atom is -0.447 e. The summed E-state index contributed by atoms with van der Waals surface area (Å²) in [6, 6.07) is 0. The van der Waals surface area contributed by atoms with E-state index < -0.39 is 12.3 Å². The zero-order valence-electron chi connectivity index (χ0n) is 6.69. The van der Waals surface area contributed by atoms with Crippen LogP contribution < -0.4 is 0 Å². The number of unbranched alkanes of at least 4 members (excludes halogenated alkanes) is 1. The number of alkyl halides is 1. The van der Waals surface area contributed by atoms with E-state index in [0.717, 1.165) is 0 Å². The molecule has 0 fully saturated rings. The molecule has 13 heavy (non-hydrogen) atoms. The highest BCUT2D eigenvalue weighted by Gasteiger charge is 2.07. The minimum atomic E-state index is -1.71. The van der Waals surface area contributed by atoms with E-state index in [1.165, 1.54) is 0 Å². The molecule has 7 heteroatoms. The van der Waals surface area contributed by atoms with Crippen molar-refractivity contribution >= 4 is 23.9 Å². The van der Waals surface area contributed by atoms with Gasteiger partial charge in [0.05, 0.1) is 6.61 Å². The molecular formula is C6H9ClO6. The monoisotopic (exact) mass is 212 g/mol. The Kier molecular flexibility index (Phi) is 6.80. The largest absolute Gasteiger partial charge is 0.549 e. The van der Waals surface area contributed by atoms with Gasteiger partial charge in [-0.1, -0.05) is 0 Å². The fourth-order valence-corrected chi connectivity index (χ4v) is 0.635. The number of rotatable bonds is 4. The summed E-state index contributed by atoms with van der Waals surface area (Å²) in [7, 11) is 0. The lowest BCUT2D eigenvalue weighted by Crippen LogP contribution is -2.11. The predicted molar refractivity (Wildman–Crippen MR) is 41.5 cm³/mol. The van der Waals surface area contributed by atoms with Crippen LogP contribution in [0.25, 0.3) is 0 Å². The molecule has 0 bridgehead atoms. The van der Waals surface area contributed by atoms with Crippen molar-refractivity contribution in [2.24, 2.45) is 0 Å². The lowest BCUT2D eigenvalue weighted by atomic mass is 10.4. The Hall–Kier alpha value is -1.17. The first-order chi connectivity index (χ1) is 6.16. The molecule has 0 aliphatic rings. The van der Waals surface area contributed by atoms with Crippen LogP contribution in [0.2, 0.25) is 0 Å². The fraction of sp³-hybridized carbons (Fsp3) is 0.667. The van der Waals surface area contributed by atoms with Crippen molar-refractivity contribution in [2.75, 3.05) is 12.5 Å². The van der Waals surface area contributed by atoms with Crippen LogP contribution in [0.1, 0.15) is 12.8 Å². The maximum absolute atomic E-state index is 10.4. The van der Waals surface area contributed by atoms with E-state index in [0.29, 0.717) is 18.7 Å². The molecule has 0 spiro atoms. The molecule has 0 aromatic carbocycles. The highest BCUT2D eigenvalue weighted by atomic mass is 35.5. The molecule has 0 aliphatic carbocycles. The second-order valence-electron chi connectivity index (χ2n) is 1.93. The van der Waals surface area contributed by atoms with Crippen LogP contribution in [0.5, 0.6) is 0 Å². The summed E-state index contributed by atoms with van der Waals surface area (Å²) in [6.07, 6.45) is -1.60. The van der Waals surface area contributed by atoms with Crippen LogP contribution in [-0.2, 0) is 14.5 Å². The van der Waals surface area contributed by atoms with Gasteiger partial charge in [-0.25, -0.2) is 9.68 Å². The van der Waals surface area contributed by atoms with Crippen molar-refractivity contribution in [3.63, 3.8) is 0 Å². The molecule has 0 amide bonds. The molecule has 76 valence electrons. The molecule has 0 radical (unpaired) electrons. The van der Waals surface area contributed by atoms with Gasteiger partial charge in [-0.05, 0) is 12.8 Å². The summed E-state index contributed by atoms with van der Waals surface area (Å²) >= 11 is 5.35. The number of halogens is 1. The smallest absolute Gasteiger partial charge is 0.447 e. The molecule has 0 aromatic heterocycles. The van der Waals surface area contributed by atoms with Crippen molar-refractivity contribution in [2.45, 2.75) is 12.8 Å². The first-order valence-corrected chi connectivity index (χ1v) is 4.00. The van der Waals surface area contributed by atoms with Crippen LogP contribution in [0.15, 0.2) is 0 Å². The Morgan fingerprint density at radius 1 is 1.23 bits per heavy atom. The van der Waals surface area contributed by atoms with Crippen LogP contribution >= 0.6 is 11.6 Å². The molecule has 1 N–H and O–H groups in total. The number of hydrogen-bond donors (Lipinski definition) is 1. The molecule has 0 rings (SSSR count). The summed E-state index contributed by atoms with van der Waals surface area (Å²) in [5.74, 6) is 0.476. The number of carboxylic acid groups (broad SMARTS) is 1. The third-order valence-electron chi connectivity index (χ3n) is 0.929. The normalized spacial score (nSPS) is 9.00. The molecule has 0 heterocycles. The average molecular weight is 213 g/mol. The second-order valence-corrected chi connectivity index (χ2v) is 2.31. The first kappa shape index (κ1) is 11.8. The quantitative estimate of drug-likeness (QED) is 0.251. The summed E-state index contributed by atoms with van der Waals surface area (Å²) in [5, 5.41) is 7.90. The van der Waals surface area contributed by atoms with Crippen LogP contribution in [0, 0.1) is 0 Å². The first-order valence-electron chi connectivity index (χ1n) is 3.47. The molecule has 0 atom stereocenters. The topological polar surface area (TPSA) is 82.1 Å². The third-order valence-corrected chi connectivity index (χ3v) is 1.20. The third kappa shape index (κ3) is 8.74. The van der Waals surface area contributed by atoms with Crippen LogP contribution in [0.4, 0.5) is 9.59 Å². The van der Waals surface area contributed by atoms with Crippen LogP contribution in [0.3, 0.4) is 0 Å². The van der Waals surface area contributed by atoms with Gasteiger partial charge in [0, 0.05) is 5.88 Å². The summed E-state index contributed by atoms with van der Waals surface area (Å²) in [6.45, 7) is 0.120. The van der Waals surface area contributed by atoms with Gasteiger partial charge < -0.3 is 9.84 Å². The van der Waals surface area contributed by atoms with Crippen molar-refractivity contribution in [1.82, 2.24) is 0 Å². The zero-order chi connectivity index (χ0) is 10.1. The molecule has 0 unspecified atom stereocenters. The second kappa shape index (κ2) is 7.48. The van der Waals surface area contributed by atoms with Gasteiger partial charge in [-0.15, -0.1) is 11.6 Å². The van der Waals surface area contributed by atoms with Crippen molar-refractivity contribution < 1.29 is 29.2 Å². The number of ether oxygens (including phenoxy) is 1. The Bertz CT molecular complexity index is 171. The fourth-order valence-electron chi connectivity index (χ4n) is 0.446. The highest BCUT2D eigenvalue weighted by Crippen LogP contribution is 1.94. The Morgan fingerprint density at radius 2 is 1.92 bits per heavy atom. The van der Waals surface area contributed by atoms with Gasteiger partial charge >= 0.3 is 12.3 Å². The molecular weight excluding hydrogens is 204 g/mol. The maximum Gasteiger partial charge on any atom is 0.549 e. The average Bonchev–Trinajstić information content (AvgIpc) is 2.09. The Morgan fingerprint density at radius 3 is 2.46 bits per heavy atom. The van der Waals surface area contributed by atoms with E-state index in [1.54, 1.807) is 0 Å². The number of carbonyl (C=O) groups excluding carboxylic acids is 1. The highest BCUT2D eigenvalue weighted by molar-refractivity contribution is 6.17. The van der Waals surface area contributed by atoms with Gasteiger partial charge in [0.25, 0.3) is 0 Å². The van der Waals surface area contributed by atoms with Gasteiger partial charge in [-0.3, -0.25) is 0 Å². The van der Waals surface area contributed by atoms with E-state index in [2.05, 4.69) is 14.5 Å². The van der Waals surface area contributed by atoms with Gasteiger partial charge in [0.15, 0.2) is 0 Å². The van der Waals surface area contributed by atoms with E-state index in [4.69, 9.17) is 16.7 Å². The number of carbonyl (C=O) groups is 2.